The SMILES string of the molecule is Cc1cncc(C#N)c1C(F)(F)F. The summed E-state index contributed by atoms with van der Waals surface area (Å²) < 4.78 is 37.0. The normalized spacial score (nSPS) is 11.0. The Hall–Kier alpha value is -1.57. The molecular weight excluding hydrogens is 181 g/mol. The summed E-state index contributed by atoms with van der Waals surface area (Å²) in [6.07, 6.45) is -2.49. The molecule has 0 aliphatic carbocycles. The summed E-state index contributed by atoms with van der Waals surface area (Å²) >= 11 is 0. The highest BCUT2D eigenvalue weighted by Crippen LogP contribution is 2.33. The first-order valence-corrected chi connectivity index (χ1v) is 3.38. The number of alkyl halides is 3. The Morgan fingerprint density at radius 2 is 2.00 bits per heavy atom. The molecule has 0 amide bonds. The number of pyridine rings is 1. The molecule has 2 nitrogen and oxygen atoms in total. The maximum atomic E-state index is 12.3. The Morgan fingerprint density at radius 3 is 2.38 bits per heavy atom. The number of hydrogen-bond donors (Lipinski definition) is 0. The van der Waals surface area contributed by atoms with Crippen molar-refractivity contribution in [3.63, 3.8) is 0 Å². The zero-order chi connectivity index (χ0) is 10.1. The van der Waals surface area contributed by atoms with Crippen molar-refractivity contribution in [3.05, 3.63) is 29.1 Å². The van der Waals surface area contributed by atoms with E-state index in [0.717, 1.165) is 12.4 Å². The Labute approximate surface area is 72.6 Å². The van der Waals surface area contributed by atoms with E-state index in [-0.39, 0.29) is 5.56 Å². The van der Waals surface area contributed by atoms with Gasteiger partial charge in [-0.3, -0.25) is 4.98 Å². The van der Waals surface area contributed by atoms with E-state index in [0.29, 0.717) is 0 Å². The van der Waals surface area contributed by atoms with Crippen LogP contribution in [0.15, 0.2) is 12.4 Å². The van der Waals surface area contributed by atoms with Crippen LogP contribution in [-0.4, -0.2) is 4.98 Å². The number of aryl methyl sites for hydroxylation is 1. The van der Waals surface area contributed by atoms with Gasteiger partial charge in [0.25, 0.3) is 0 Å². The van der Waals surface area contributed by atoms with Crippen molar-refractivity contribution >= 4 is 0 Å². The lowest BCUT2D eigenvalue weighted by atomic mass is 10.1. The highest BCUT2D eigenvalue weighted by Gasteiger charge is 2.35. The van der Waals surface area contributed by atoms with Gasteiger partial charge < -0.3 is 0 Å². The number of aromatic nitrogens is 1. The van der Waals surface area contributed by atoms with Crippen LogP contribution in [0, 0.1) is 18.3 Å². The van der Waals surface area contributed by atoms with Gasteiger partial charge in [-0.2, -0.15) is 18.4 Å². The van der Waals surface area contributed by atoms with Gasteiger partial charge in [-0.25, -0.2) is 0 Å². The van der Waals surface area contributed by atoms with Crippen LogP contribution >= 0.6 is 0 Å². The predicted molar refractivity (Wildman–Crippen MR) is 38.7 cm³/mol. The quantitative estimate of drug-likeness (QED) is 0.623. The second kappa shape index (κ2) is 3.05. The maximum absolute atomic E-state index is 12.3. The van der Waals surface area contributed by atoms with Gasteiger partial charge in [0, 0.05) is 12.4 Å². The van der Waals surface area contributed by atoms with Crippen LogP contribution in [0.25, 0.3) is 0 Å². The van der Waals surface area contributed by atoms with E-state index >= 15 is 0 Å². The van der Waals surface area contributed by atoms with E-state index in [9.17, 15) is 13.2 Å². The van der Waals surface area contributed by atoms with E-state index in [1.807, 2.05) is 0 Å². The fourth-order valence-electron chi connectivity index (χ4n) is 1.03. The van der Waals surface area contributed by atoms with Crippen molar-refractivity contribution in [2.75, 3.05) is 0 Å². The molecule has 0 saturated heterocycles. The van der Waals surface area contributed by atoms with Gasteiger partial charge in [-0.15, -0.1) is 0 Å². The van der Waals surface area contributed by atoms with E-state index in [1.165, 1.54) is 13.0 Å². The molecule has 0 spiro atoms. The third-order valence-electron chi connectivity index (χ3n) is 1.54. The molecule has 0 aliphatic heterocycles. The molecule has 1 rings (SSSR count). The number of nitrogens with zero attached hydrogens (tertiary/aromatic N) is 2. The van der Waals surface area contributed by atoms with Crippen LogP contribution in [0.5, 0.6) is 0 Å². The van der Waals surface area contributed by atoms with Crippen molar-refractivity contribution in [2.24, 2.45) is 0 Å². The van der Waals surface area contributed by atoms with Crippen LogP contribution in [0.3, 0.4) is 0 Å². The Morgan fingerprint density at radius 1 is 1.38 bits per heavy atom. The zero-order valence-corrected chi connectivity index (χ0v) is 6.68. The molecule has 0 fully saturated rings. The monoisotopic (exact) mass is 186 g/mol. The lowest BCUT2D eigenvalue weighted by molar-refractivity contribution is -0.138. The fraction of sp³-hybridized carbons (Fsp3) is 0.250. The van der Waals surface area contributed by atoms with Crippen LogP contribution < -0.4 is 0 Å². The van der Waals surface area contributed by atoms with Crippen molar-refractivity contribution in [1.82, 2.24) is 4.98 Å². The molecular formula is C8H5F3N2. The molecule has 13 heavy (non-hydrogen) atoms. The summed E-state index contributed by atoms with van der Waals surface area (Å²) in [5.74, 6) is 0. The molecule has 0 aromatic carbocycles. The smallest absolute Gasteiger partial charge is 0.263 e. The largest absolute Gasteiger partial charge is 0.418 e. The molecule has 0 radical (unpaired) electrons. The summed E-state index contributed by atoms with van der Waals surface area (Å²) in [7, 11) is 0. The molecule has 0 N–H and O–H groups in total. The highest BCUT2D eigenvalue weighted by atomic mass is 19.4. The fourth-order valence-corrected chi connectivity index (χ4v) is 1.03. The standard InChI is InChI=1S/C8H5F3N2/c1-5-3-13-4-6(2-12)7(5)8(9,10)11/h3-4H,1H3. The highest BCUT2D eigenvalue weighted by molar-refractivity contribution is 5.41. The van der Waals surface area contributed by atoms with Gasteiger partial charge in [-0.1, -0.05) is 0 Å². The van der Waals surface area contributed by atoms with Crippen LogP contribution in [0.1, 0.15) is 16.7 Å². The summed E-state index contributed by atoms with van der Waals surface area (Å²) in [5.41, 5.74) is -1.37. The molecule has 0 bridgehead atoms. The van der Waals surface area contributed by atoms with Gasteiger partial charge in [0.05, 0.1) is 11.1 Å². The number of halogens is 3. The summed E-state index contributed by atoms with van der Waals surface area (Å²) in [5, 5.41) is 8.42. The third-order valence-corrected chi connectivity index (χ3v) is 1.54. The number of hydrogen-bond acceptors (Lipinski definition) is 2. The van der Waals surface area contributed by atoms with Gasteiger partial charge in [-0.05, 0) is 12.5 Å². The molecule has 1 aromatic rings. The second-order valence-electron chi connectivity index (χ2n) is 2.49. The molecule has 1 heterocycles. The average Bonchev–Trinajstić information content (AvgIpc) is 2.01. The topological polar surface area (TPSA) is 36.7 Å². The van der Waals surface area contributed by atoms with E-state index in [1.54, 1.807) is 0 Å². The van der Waals surface area contributed by atoms with Crippen molar-refractivity contribution < 1.29 is 13.2 Å². The van der Waals surface area contributed by atoms with Crippen LogP contribution in [0.4, 0.5) is 13.2 Å². The molecule has 0 saturated carbocycles. The van der Waals surface area contributed by atoms with Crippen molar-refractivity contribution in [3.8, 4) is 6.07 Å². The average molecular weight is 186 g/mol. The molecule has 0 atom stereocenters. The second-order valence-corrected chi connectivity index (χ2v) is 2.49. The minimum absolute atomic E-state index is 0.0356. The van der Waals surface area contributed by atoms with Gasteiger partial charge in [0.2, 0.25) is 0 Å². The summed E-state index contributed by atoms with van der Waals surface area (Å²) in [4.78, 5) is 3.51. The number of rotatable bonds is 0. The summed E-state index contributed by atoms with van der Waals surface area (Å²) in [6, 6.07) is 1.46. The van der Waals surface area contributed by atoms with E-state index in [2.05, 4.69) is 4.98 Å². The molecule has 1 aromatic heterocycles. The third kappa shape index (κ3) is 1.78. The predicted octanol–water partition coefficient (Wildman–Crippen LogP) is 2.28. The first-order chi connectivity index (χ1) is 5.96. The van der Waals surface area contributed by atoms with Crippen LogP contribution in [-0.2, 0) is 6.18 Å². The van der Waals surface area contributed by atoms with Crippen LogP contribution in [0.2, 0.25) is 0 Å². The summed E-state index contributed by atoms with van der Waals surface area (Å²) in [6.45, 7) is 1.27. The Balaban J connectivity index is 3.43. The lowest BCUT2D eigenvalue weighted by Gasteiger charge is -2.10. The van der Waals surface area contributed by atoms with E-state index in [4.69, 9.17) is 5.26 Å². The maximum Gasteiger partial charge on any atom is 0.418 e. The molecule has 0 unspecified atom stereocenters. The Kier molecular flexibility index (Phi) is 2.24. The van der Waals surface area contributed by atoms with Gasteiger partial charge >= 0.3 is 6.18 Å². The Bertz CT molecular complexity index is 363. The van der Waals surface area contributed by atoms with Gasteiger partial charge in [0.1, 0.15) is 6.07 Å². The zero-order valence-electron chi connectivity index (χ0n) is 6.68. The molecule has 5 heteroatoms. The first-order valence-electron chi connectivity index (χ1n) is 3.38. The van der Waals surface area contributed by atoms with Crippen molar-refractivity contribution in [1.29, 1.82) is 5.26 Å². The first kappa shape index (κ1) is 9.52. The molecule has 68 valence electrons. The minimum atomic E-state index is -4.49. The van der Waals surface area contributed by atoms with Gasteiger partial charge in [0.15, 0.2) is 0 Å². The number of nitriles is 1. The van der Waals surface area contributed by atoms with E-state index < -0.39 is 17.3 Å². The molecule has 0 aliphatic rings. The lowest BCUT2D eigenvalue weighted by Crippen LogP contribution is -2.10. The minimum Gasteiger partial charge on any atom is -0.263 e. The van der Waals surface area contributed by atoms with Crippen molar-refractivity contribution in [2.45, 2.75) is 13.1 Å².